The number of hydrogen-bond acceptors (Lipinski definition) is 4. The number of likely N-dealkylation sites (tertiary alicyclic amines) is 1. The van der Waals surface area contributed by atoms with E-state index in [2.05, 4.69) is 6.92 Å². The maximum Gasteiger partial charge on any atom is 0.295 e. The van der Waals surface area contributed by atoms with Gasteiger partial charge in [-0.25, -0.2) is 0 Å². The highest BCUT2D eigenvalue weighted by molar-refractivity contribution is 6.46. The summed E-state index contributed by atoms with van der Waals surface area (Å²) in [6, 6.07) is 16.2. The lowest BCUT2D eigenvalue weighted by Gasteiger charge is -2.25. The largest absolute Gasteiger partial charge is 0.507 e. The van der Waals surface area contributed by atoms with Crippen LogP contribution in [0, 0.1) is 0 Å². The zero-order chi connectivity index (χ0) is 21.7. The van der Waals surface area contributed by atoms with Crippen molar-refractivity contribution in [2.75, 3.05) is 13.2 Å². The summed E-state index contributed by atoms with van der Waals surface area (Å²) in [4.78, 5) is 27.3. The highest BCUT2D eigenvalue weighted by Crippen LogP contribution is 2.39. The molecule has 0 bridgehead atoms. The second-order valence-corrected chi connectivity index (χ2v) is 7.73. The van der Waals surface area contributed by atoms with Crippen LogP contribution in [0.5, 0.6) is 0 Å². The molecule has 0 spiro atoms. The van der Waals surface area contributed by atoms with Gasteiger partial charge in [0.2, 0.25) is 0 Å². The number of rotatable bonds is 8. The molecule has 0 radical (unpaired) electrons. The van der Waals surface area contributed by atoms with E-state index in [0.29, 0.717) is 25.1 Å². The summed E-state index contributed by atoms with van der Waals surface area (Å²) in [6.07, 6.45) is 1.60. The fourth-order valence-corrected chi connectivity index (χ4v) is 3.70. The first-order valence-electron chi connectivity index (χ1n) is 10.5. The minimum atomic E-state index is -0.648. The van der Waals surface area contributed by atoms with E-state index in [-0.39, 0.29) is 17.4 Å². The van der Waals surface area contributed by atoms with Gasteiger partial charge in [0, 0.05) is 18.7 Å². The molecular formula is C25H29NO4. The van der Waals surface area contributed by atoms with Crippen molar-refractivity contribution in [3.8, 4) is 0 Å². The van der Waals surface area contributed by atoms with Crippen molar-refractivity contribution >= 4 is 17.4 Å². The second-order valence-electron chi connectivity index (χ2n) is 7.73. The smallest absolute Gasteiger partial charge is 0.295 e. The van der Waals surface area contributed by atoms with Crippen LogP contribution in [-0.4, -0.2) is 41.0 Å². The van der Waals surface area contributed by atoms with Gasteiger partial charge in [-0.3, -0.25) is 9.59 Å². The minimum Gasteiger partial charge on any atom is -0.507 e. The Kier molecular flexibility index (Phi) is 7.06. The van der Waals surface area contributed by atoms with E-state index in [1.807, 2.05) is 56.3 Å². The molecule has 30 heavy (non-hydrogen) atoms. The van der Waals surface area contributed by atoms with E-state index in [1.165, 1.54) is 0 Å². The summed E-state index contributed by atoms with van der Waals surface area (Å²) in [6.45, 7) is 6.85. The lowest BCUT2D eigenvalue weighted by Crippen LogP contribution is -2.31. The number of aliphatic hydroxyl groups excluding tert-OH is 1. The number of carbonyl (C=O) groups is 2. The van der Waals surface area contributed by atoms with Gasteiger partial charge >= 0.3 is 0 Å². The average Bonchev–Trinajstić information content (AvgIpc) is 3.01. The zero-order valence-electron chi connectivity index (χ0n) is 17.8. The Morgan fingerprint density at radius 1 is 1.07 bits per heavy atom. The summed E-state index contributed by atoms with van der Waals surface area (Å²) >= 11 is 0. The molecule has 1 aliphatic rings. The van der Waals surface area contributed by atoms with Crippen LogP contribution in [0.3, 0.4) is 0 Å². The van der Waals surface area contributed by atoms with Crippen LogP contribution in [0.15, 0.2) is 60.2 Å². The molecule has 1 atom stereocenters. The minimum absolute atomic E-state index is 0.108. The lowest BCUT2D eigenvalue weighted by molar-refractivity contribution is -0.140. The predicted molar refractivity (Wildman–Crippen MR) is 117 cm³/mol. The Bertz CT molecular complexity index is 916. The number of amides is 1. The molecule has 0 aromatic heterocycles. The lowest BCUT2D eigenvalue weighted by atomic mass is 9.95. The van der Waals surface area contributed by atoms with Gasteiger partial charge in [0.15, 0.2) is 0 Å². The fraction of sp³-hybridized carbons (Fsp3) is 0.360. The number of ether oxygens (including phenoxy) is 1. The van der Waals surface area contributed by atoms with Gasteiger partial charge in [0.1, 0.15) is 5.76 Å². The van der Waals surface area contributed by atoms with Crippen molar-refractivity contribution in [1.82, 2.24) is 4.90 Å². The molecule has 1 amide bonds. The van der Waals surface area contributed by atoms with Crippen molar-refractivity contribution in [3.63, 3.8) is 0 Å². The molecule has 5 heteroatoms. The predicted octanol–water partition coefficient (Wildman–Crippen LogP) is 4.49. The first-order chi connectivity index (χ1) is 14.4. The summed E-state index contributed by atoms with van der Waals surface area (Å²) in [5.74, 6) is -1.36. The zero-order valence-corrected chi connectivity index (χ0v) is 17.8. The molecule has 3 rings (SSSR count). The Hall–Kier alpha value is -2.92. The van der Waals surface area contributed by atoms with Gasteiger partial charge in [-0.2, -0.15) is 0 Å². The number of benzene rings is 2. The van der Waals surface area contributed by atoms with Crippen LogP contribution in [0.1, 0.15) is 49.9 Å². The third-order valence-electron chi connectivity index (χ3n) is 5.29. The van der Waals surface area contributed by atoms with Crippen molar-refractivity contribution in [3.05, 3.63) is 76.9 Å². The van der Waals surface area contributed by atoms with Gasteiger partial charge < -0.3 is 14.7 Å². The maximum absolute atomic E-state index is 12.9. The Balaban J connectivity index is 1.99. The molecule has 1 saturated heterocycles. The molecule has 158 valence electrons. The van der Waals surface area contributed by atoms with Crippen LogP contribution in [-0.2, 0) is 20.7 Å². The van der Waals surface area contributed by atoms with Crippen molar-refractivity contribution < 1.29 is 19.4 Å². The van der Waals surface area contributed by atoms with E-state index < -0.39 is 17.7 Å². The highest BCUT2D eigenvalue weighted by atomic mass is 16.5. The van der Waals surface area contributed by atoms with Crippen LogP contribution >= 0.6 is 0 Å². The molecule has 1 heterocycles. The summed E-state index contributed by atoms with van der Waals surface area (Å²) in [7, 11) is 0. The standard InChI is InChI=1S/C25H29NO4/c1-4-18-11-13-20(14-12-18)23(27)21-22(19-9-6-5-7-10-19)26(25(29)24(21)28)15-8-16-30-17(2)3/h5-7,9-14,17,22,27H,4,8,15-16H2,1-3H3/b23-21-. The Morgan fingerprint density at radius 2 is 1.73 bits per heavy atom. The maximum atomic E-state index is 12.9. The quantitative estimate of drug-likeness (QED) is 0.303. The summed E-state index contributed by atoms with van der Waals surface area (Å²) in [5, 5.41) is 11.0. The monoisotopic (exact) mass is 407 g/mol. The molecule has 0 aliphatic carbocycles. The molecular weight excluding hydrogens is 378 g/mol. The van der Waals surface area contributed by atoms with E-state index in [1.54, 1.807) is 17.0 Å². The highest BCUT2D eigenvalue weighted by Gasteiger charge is 2.45. The molecule has 2 aromatic rings. The molecule has 1 N–H and O–H groups in total. The van der Waals surface area contributed by atoms with Crippen LogP contribution in [0.25, 0.3) is 5.76 Å². The first kappa shape index (κ1) is 21.8. The molecule has 1 unspecified atom stereocenters. The first-order valence-corrected chi connectivity index (χ1v) is 10.5. The van der Waals surface area contributed by atoms with E-state index in [9.17, 15) is 14.7 Å². The van der Waals surface area contributed by atoms with Gasteiger partial charge in [-0.05, 0) is 37.8 Å². The average molecular weight is 408 g/mol. The fourth-order valence-electron chi connectivity index (χ4n) is 3.70. The van der Waals surface area contributed by atoms with Crippen LogP contribution < -0.4 is 0 Å². The molecule has 0 saturated carbocycles. The van der Waals surface area contributed by atoms with Gasteiger partial charge in [-0.1, -0.05) is 61.5 Å². The Morgan fingerprint density at radius 3 is 2.33 bits per heavy atom. The third kappa shape index (κ3) is 4.62. The summed E-state index contributed by atoms with van der Waals surface area (Å²) in [5.41, 5.74) is 2.61. The topological polar surface area (TPSA) is 66.8 Å². The number of ketones is 1. The molecule has 2 aromatic carbocycles. The number of aliphatic hydroxyl groups is 1. The molecule has 1 fully saturated rings. The molecule has 1 aliphatic heterocycles. The van der Waals surface area contributed by atoms with Gasteiger partial charge in [0.25, 0.3) is 11.7 Å². The van der Waals surface area contributed by atoms with Crippen LogP contribution in [0.2, 0.25) is 0 Å². The van der Waals surface area contributed by atoms with Crippen molar-refractivity contribution in [1.29, 1.82) is 0 Å². The SMILES string of the molecule is CCc1ccc(/C(O)=C2/C(=O)C(=O)N(CCCOC(C)C)C2c2ccccc2)cc1. The van der Waals surface area contributed by atoms with E-state index in [4.69, 9.17) is 4.74 Å². The summed E-state index contributed by atoms with van der Waals surface area (Å²) < 4.78 is 5.59. The second kappa shape index (κ2) is 9.72. The number of aryl methyl sites for hydroxylation is 1. The van der Waals surface area contributed by atoms with E-state index in [0.717, 1.165) is 17.5 Å². The van der Waals surface area contributed by atoms with Crippen molar-refractivity contribution in [2.45, 2.75) is 45.8 Å². The number of carbonyl (C=O) groups excluding carboxylic acids is 2. The molecule has 5 nitrogen and oxygen atoms in total. The van der Waals surface area contributed by atoms with Gasteiger partial charge in [0.05, 0.1) is 17.7 Å². The third-order valence-corrected chi connectivity index (χ3v) is 5.29. The number of hydrogen-bond donors (Lipinski definition) is 1. The van der Waals surface area contributed by atoms with Gasteiger partial charge in [-0.15, -0.1) is 0 Å². The number of Topliss-reactive ketones (excluding diaryl/α,β-unsaturated/α-hetero) is 1. The van der Waals surface area contributed by atoms with Crippen molar-refractivity contribution in [2.24, 2.45) is 0 Å². The number of nitrogens with zero attached hydrogens (tertiary/aromatic N) is 1. The Labute approximate surface area is 178 Å². The normalized spacial score (nSPS) is 18.4. The van der Waals surface area contributed by atoms with Crippen LogP contribution in [0.4, 0.5) is 0 Å². The van der Waals surface area contributed by atoms with E-state index >= 15 is 0 Å².